The van der Waals surface area contributed by atoms with E-state index in [4.69, 9.17) is 26.7 Å². The van der Waals surface area contributed by atoms with Crippen LogP contribution >= 0.6 is 0 Å². The Balaban J connectivity index is 3.10. The summed E-state index contributed by atoms with van der Waals surface area (Å²) in [5.41, 5.74) is 0.198. The van der Waals surface area contributed by atoms with E-state index in [1.54, 1.807) is 0 Å². The first-order valence-corrected chi connectivity index (χ1v) is 5.18. The zero-order valence-electron chi connectivity index (χ0n) is 25.9. The number of benzene rings is 1. The molecule has 0 heterocycles. The summed E-state index contributed by atoms with van der Waals surface area (Å²) in [5, 5.41) is 11.9. The lowest BCUT2D eigenvalue weighted by Crippen LogP contribution is -2.35. The second kappa shape index (κ2) is 8.91. The number of rotatable bonds is 9. The van der Waals surface area contributed by atoms with Crippen LogP contribution in [0.3, 0.4) is 0 Å². The zero-order valence-corrected chi connectivity index (χ0v) is 9.86. The Labute approximate surface area is 138 Å². The predicted molar refractivity (Wildman–Crippen MR) is 76.7 cm³/mol. The number of ether oxygens (including phenoxy) is 2. The molecular weight excluding hydrogens is 242 g/mol. The van der Waals surface area contributed by atoms with E-state index < -0.39 is 58.9 Å². The first-order valence-electron chi connectivity index (χ1n) is 13.2. The highest BCUT2D eigenvalue weighted by molar-refractivity contribution is 5.27. The fraction of sp³-hybridized carbons (Fsp3) is 0.600. The van der Waals surface area contributed by atoms with Gasteiger partial charge in [-0.15, -0.1) is 0 Å². The zero-order chi connectivity index (χ0) is 27.9. The van der Waals surface area contributed by atoms with E-state index >= 15 is 0 Å². The Morgan fingerprint density at radius 3 is 2.89 bits per heavy atom. The van der Waals surface area contributed by atoms with Crippen molar-refractivity contribution in [2.45, 2.75) is 32.2 Å². The van der Waals surface area contributed by atoms with Crippen LogP contribution in [0.4, 0.5) is 0 Å². The second-order valence-corrected chi connectivity index (χ2v) is 3.32. The summed E-state index contributed by atoms with van der Waals surface area (Å²) < 4.78 is 129. The second-order valence-electron chi connectivity index (χ2n) is 3.32. The van der Waals surface area contributed by atoms with Crippen molar-refractivity contribution in [1.82, 2.24) is 5.32 Å². The largest absolute Gasteiger partial charge is 0.491 e. The monoisotopic (exact) mass is 283 g/mol. The summed E-state index contributed by atoms with van der Waals surface area (Å²) in [6.45, 7) is -16.4. The maximum atomic E-state index is 10.4. The van der Waals surface area contributed by atoms with Crippen molar-refractivity contribution < 1.29 is 36.5 Å². The lowest BCUT2D eigenvalue weighted by atomic mass is 10.1. The van der Waals surface area contributed by atoms with Crippen LogP contribution in [-0.2, 0) is 11.2 Å². The molecule has 1 aromatic rings. The average Bonchev–Trinajstić information content (AvgIpc) is 2.56. The standard InChI is InChI=1S/C15H25NO3/c1-12(2)16-10-14(17)11-19-15-6-4-13(5-7-15)8-9-18-3/h4-7,12,14,16-17H,8-11H2,1-3H3/i1D3,2D3,3D3,9D2,10D2,11D2,14D. The van der Waals surface area contributed by atoms with Crippen molar-refractivity contribution >= 4 is 0 Å². The molecule has 0 saturated carbocycles. The maximum absolute atomic E-state index is 10.4. The summed E-state index contributed by atoms with van der Waals surface area (Å²) in [4.78, 5) is 0. The molecule has 0 saturated heterocycles. The molecule has 0 fully saturated rings. The van der Waals surface area contributed by atoms with Gasteiger partial charge in [0.15, 0.2) is 0 Å². The predicted octanol–water partition coefficient (Wildman–Crippen LogP) is 1.61. The van der Waals surface area contributed by atoms with Gasteiger partial charge >= 0.3 is 0 Å². The smallest absolute Gasteiger partial charge is 0.119 e. The molecule has 4 heteroatoms. The van der Waals surface area contributed by atoms with Crippen molar-refractivity contribution in [2.75, 3.05) is 26.7 Å². The van der Waals surface area contributed by atoms with Gasteiger partial charge in [0.1, 0.15) is 18.4 Å². The minimum atomic E-state index is -3.88. The third-order valence-electron chi connectivity index (χ3n) is 1.87. The molecule has 1 rings (SSSR count). The molecule has 19 heavy (non-hydrogen) atoms. The van der Waals surface area contributed by atoms with Crippen LogP contribution in [0.25, 0.3) is 0 Å². The van der Waals surface area contributed by atoms with Crippen molar-refractivity contribution in [2.24, 2.45) is 0 Å². The van der Waals surface area contributed by atoms with Gasteiger partial charge in [0.25, 0.3) is 0 Å². The quantitative estimate of drug-likeness (QED) is 0.723. The number of hydrogen-bond acceptors (Lipinski definition) is 4. The normalized spacial score (nSPS) is 31.1. The molecule has 0 aliphatic heterocycles. The third-order valence-corrected chi connectivity index (χ3v) is 1.87. The SMILES string of the molecule is [2H]C([2H])([2H])OC([2H])([2H])Cc1ccc(OC([2H])([2H])C([2H])(O)C([2H])([2H])NC(C([2H])([2H])[2H])C([2H])([2H])[2H])cc1. The summed E-state index contributed by atoms with van der Waals surface area (Å²) in [6, 6.07) is 1.96. The molecule has 2 N–H and O–H groups in total. The lowest BCUT2D eigenvalue weighted by molar-refractivity contribution is 0.104. The van der Waals surface area contributed by atoms with Crippen LogP contribution in [0.1, 0.15) is 41.2 Å². The molecule has 0 spiro atoms. The lowest BCUT2D eigenvalue weighted by Gasteiger charge is -2.15. The highest BCUT2D eigenvalue weighted by Gasteiger charge is 2.05. The molecule has 1 unspecified atom stereocenters. The van der Waals surface area contributed by atoms with Crippen LogP contribution < -0.4 is 10.1 Å². The highest BCUT2D eigenvalue weighted by Crippen LogP contribution is 2.12. The van der Waals surface area contributed by atoms with E-state index in [-0.39, 0.29) is 11.3 Å². The van der Waals surface area contributed by atoms with Gasteiger partial charge in [-0.25, -0.2) is 0 Å². The van der Waals surface area contributed by atoms with Crippen molar-refractivity contribution in [1.29, 1.82) is 0 Å². The van der Waals surface area contributed by atoms with Crippen molar-refractivity contribution in [3.05, 3.63) is 29.8 Å². The van der Waals surface area contributed by atoms with Gasteiger partial charge in [-0.2, -0.15) is 0 Å². The molecule has 4 nitrogen and oxygen atoms in total. The van der Waals surface area contributed by atoms with Crippen LogP contribution in [-0.4, -0.2) is 43.9 Å². The van der Waals surface area contributed by atoms with Crippen molar-refractivity contribution in [3.8, 4) is 5.75 Å². The Bertz CT molecular complexity index is 830. The molecular formula is C15H25NO3. The van der Waals surface area contributed by atoms with E-state index in [1.807, 2.05) is 0 Å². The van der Waals surface area contributed by atoms with Crippen LogP contribution in [0.5, 0.6) is 5.75 Å². The Morgan fingerprint density at radius 1 is 1.42 bits per heavy atom. The number of hydrogen-bond donors (Lipinski definition) is 2. The average molecular weight is 283 g/mol. The van der Waals surface area contributed by atoms with E-state index in [1.165, 1.54) is 17.4 Å². The summed E-state index contributed by atoms with van der Waals surface area (Å²) in [6.07, 6.45) is -4.39. The molecule has 0 aliphatic carbocycles. The Kier molecular flexibility index (Phi) is 2.09. The molecule has 1 atom stereocenters. The molecule has 0 amide bonds. The number of nitrogens with one attached hydrogen (secondary N) is 1. The number of methoxy groups -OCH3 is 1. The summed E-state index contributed by atoms with van der Waals surface area (Å²) in [5.74, 6) is -0.374. The van der Waals surface area contributed by atoms with E-state index in [0.29, 0.717) is 0 Å². The van der Waals surface area contributed by atoms with E-state index in [0.717, 1.165) is 12.1 Å². The topological polar surface area (TPSA) is 50.7 Å². The highest BCUT2D eigenvalue weighted by atomic mass is 16.5. The molecule has 1 aromatic carbocycles. The first-order chi connectivity index (χ1) is 15.2. The minimum Gasteiger partial charge on any atom is -0.491 e. The van der Waals surface area contributed by atoms with Gasteiger partial charge in [-0.1, -0.05) is 25.8 Å². The van der Waals surface area contributed by atoms with Gasteiger partial charge in [0.05, 0.1) is 17.5 Å². The minimum absolute atomic E-state index is 0.198. The molecule has 0 bridgehead atoms. The first kappa shape index (κ1) is 4.45. The van der Waals surface area contributed by atoms with Gasteiger partial charge in [0.2, 0.25) is 0 Å². The molecule has 108 valence electrons. The summed E-state index contributed by atoms with van der Waals surface area (Å²) >= 11 is 0. The number of aryl methyl sites for hydroxylation is 1. The maximum Gasteiger partial charge on any atom is 0.119 e. The van der Waals surface area contributed by atoms with E-state index in [2.05, 4.69) is 4.74 Å². The van der Waals surface area contributed by atoms with Crippen LogP contribution in [0.15, 0.2) is 24.3 Å². The summed E-state index contributed by atoms with van der Waals surface area (Å²) in [7, 11) is -2.99. The fourth-order valence-corrected chi connectivity index (χ4v) is 1.07. The number of aliphatic hydroxyl groups is 1. The van der Waals surface area contributed by atoms with Gasteiger partial charge in [-0.3, -0.25) is 0 Å². The van der Waals surface area contributed by atoms with Gasteiger partial charge < -0.3 is 19.9 Å². The molecule has 0 radical (unpaired) electrons. The van der Waals surface area contributed by atoms with Gasteiger partial charge in [-0.05, 0) is 24.1 Å². The third kappa shape index (κ3) is 7.15. The Hall–Kier alpha value is -1.10. The fourth-order valence-electron chi connectivity index (χ4n) is 1.07. The van der Waals surface area contributed by atoms with E-state index in [9.17, 15) is 5.11 Å². The van der Waals surface area contributed by atoms with Crippen LogP contribution in [0, 0.1) is 0 Å². The Morgan fingerprint density at radius 2 is 2.21 bits per heavy atom. The van der Waals surface area contributed by atoms with Crippen LogP contribution in [0.2, 0.25) is 0 Å². The van der Waals surface area contributed by atoms with Crippen molar-refractivity contribution in [3.63, 3.8) is 0 Å². The van der Waals surface area contributed by atoms with Gasteiger partial charge in [0, 0.05) is 30.5 Å². The molecule has 0 aliphatic rings. The molecule has 0 aromatic heterocycles.